The molecule has 0 fully saturated rings. The van der Waals surface area contributed by atoms with Crippen molar-refractivity contribution in [3.63, 3.8) is 0 Å². The second kappa shape index (κ2) is 4.88. The van der Waals surface area contributed by atoms with Crippen molar-refractivity contribution < 1.29 is 4.74 Å². The van der Waals surface area contributed by atoms with E-state index in [1.807, 2.05) is 19.9 Å². The van der Waals surface area contributed by atoms with Gasteiger partial charge in [0.1, 0.15) is 5.75 Å². The van der Waals surface area contributed by atoms with Crippen LogP contribution in [0.2, 0.25) is 0 Å². The van der Waals surface area contributed by atoms with Crippen LogP contribution in [0, 0.1) is 13.8 Å². The molecule has 0 aliphatic heterocycles. The molecule has 0 aliphatic rings. The number of nitrogens with two attached hydrogens (primary N) is 1. The molecule has 2 N–H and O–H groups in total. The topological polar surface area (TPSA) is 73.9 Å². The summed E-state index contributed by atoms with van der Waals surface area (Å²) in [5, 5.41) is 8.06. The molecule has 0 unspecified atom stereocenters. The van der Waals surface area contributed by atoms with Gasteiger partial charge in [-0.2, -0.15) is 5.10 Å². The van der Waals surface area contributed by atoms with Gasteiger partial charge >= 0.3 is 0 Å². The van der Waals surface area contributed by atoms with Crippen molar-refractivity contribution in [2.24, 2.45) is 5.73 Å². The highest BCUT2D eigenvalue weighted by molar-refractivity contribution is 5.37. The minimum Gasteiger partial charge on any atom is -0.436 e. The smallest absolute Gasteiger partial charge is 0.243 e. The zero-order valence-corrected chi connectivity index (χ0v) is 9.84. The van der Waals surface area contributed by atoms with E-state index in [4.69, 9.17) is 10.5 Å². The summed E-state index contributed by atoms with van der Waals surface area (Å²) < 4.78 is 5.62. The number of aromatic nitrogens is 3. The number of nitrogens with zero attached hydrogens (tertiary/aromatic N) is 3. The molecule has 0 amide bonds. The van der Waals surface area contributed by atoms with Crippen LogP contribution in [0.25, 0.3) is 0 Å². The van der Waals surface area contributed by atoms with Crippen molar-refractivity contribution in [2.45, 2.75) is 20.4 Å². The van der Waals surface area contributed by atoms with Gasteiger partial charge in [-0.15, -0.1) is 5.10 Å². The Balaban J connectivity index is 2.37. The predicted molar refractivity (Wildman–Crippen MR) is 63.7 cm³/mol. The number of hydrogen-bond acceptors (Lipinski definition) is 5. The largest absolute Gasteiger partial charge is 0.436 e. The first-order valence-corrected chi connectivity index (χ1v) is 5.33. The predicted octanol–water partition coefficient (Wildman–Crippen LogP) is 1.74. The maximum atomic E-state index is 5.71. The summed E-state index contributed by atoms with van der Waals surface area (Å²) in [6, 6.07) is 3.61. The molecule has 17 heavy (non-hydrogen) atoms. The second-order valence-corrected chi connectivity index (χ2v) is 3.69. The van der Waals surface area contributed by atoms with Crippen LogP contribution in [0.3, 0.4) is 0 Å². The molecular formula is C12H14N4O. The van der Waals surface area contributed by atoms with Gasteiger partial charge in [0, 0.05) is 18.3 Å². The molecule has 0 saturated heterocycles. The van der Waals surface area contributed by atoms with Gasteiger partial charge in [-0.05, 0) is 31.5 Å². The van der Waals surface area contributed by atoms with Crippen LogP contribution in [0.4, 0.5) is 0 Å². The molecule has 2 aromatic rings. The first-order chi connectivity index (χ1) is 8.22. The number of hydrogen-bond donors (Lipinski definition) is 1. The number of aryl methyl sites for hydroxylation is 1. The van der Waals surface area contributed by atoms with Gasteiger partial charge in [0.2, 0.25) is 5.88 Å². The summed E-state index contributed by atoms with van der Waals surface area (Å²) in [4.78, 5) is 3.97. The van der Waals surface area contributed by atoms with Crippen LogP contribution in [-0.2, 0) is 6.54 Å². The third-order valence-corrected chi connectivity index (χ3v) is 2.60. The maximum Gasteiger partial charge on any atom is 0.243 e. The highest BCUT2D eigenvalue weighted by Gasteiger charge is 2.11. The Morgan fingerprint density at radius 1 is 1.29 bits per heavy atom. The maximum absolute atomic E-state index is 5.71. The highest BCUT2D eigenvalue weighted by atomic mass is 16.5. The summed E-state index contributed by atoms with van der Waals surface area (Å²) in [5.74, 6) is 1.07. The molecule has 0 spiro atoms. The van der Waals surface area contributed by atoms with Crippen molar-refractivity contribution >= 4 is 0 Å². The number of ether oxygens (including phenoxy) is 1. The Bertz CT molecular complexity index is 513. The summed E-state index contributed by atoms with van der Waals surface area (Å²) in [7, 11) is 0. The first kappa shape index (κ1) is 11.5. The Morgan fingerprint density at radius 3 is 2.76 bits per heavy atom. The van der Waals surface area contributed by atoms with E-state index >= 15 is 0 Å². The fraction of sp³-hybridized carbons (Fsp3) is 0.250. The van der Waals surface area contributed by atoms with Gasteiger partial charge in [0.25, 0.3) is 0 Å². The minimum absolute atomic E-state index is 0.373. The van der Waals surface area contributed by atoms with E-state index in [1.54, 1.807) is 18.5 Å². The lowest BCUT2D eigenvalue weighted by atomic mass is 10.1. The van der Waals surface area contributed by atoms with Crippen molar-refractivity contribution in [3.8, 4) is 11.6 Å². The van der Waals surface area contributed by atoms with Crippen LogP contribution in [0.1, 0.15) is 16.8 Å². The molecule has 88 valence electrons. The quantitative estimate of drug-likeness (QED) is 0.869. The molecule has 0 bridgehead atoms. The minimum atomic E-state index is 0.373. The van der Waals surface area contributed by atoms with Gasteiger partial charge in [-0.25, -0.2) is 0 Å². The lowest BCUT2D eigenvalue weighted by molar-refractivity contribution is 0.444. The Labute approximate surface area is 99.7 Å². The zero-order chi connectivity index (χ0) is 12.3. The lowest BCUT2D eigenvalue weighted by Gasteiger charge is -2.11. The standard InChI is InChI=1S/C12H14N4O/c1-8-9(2)15-16-12(11(8)6-13)17-10-4-3-5-14-7-10/h3-5,7H,6,13H2,1-2H3. The number of pyridine rings is 1. The molecule has 0 aromatic carbocycles. The van der Waals surface area contributed by atoms with Crippen LogP contribution in [-0.4, -0.2) is 15.2 Å². The average Bonchev–Trinajstić information content (AvgIpc) is 2.36. The van der Waals surface area contributed by atoms with Gasteiger partial charge in [-0.1, -0.05) is 0 Å². The van der Waals surface area contributed by atoms with Crippen LogP contribution in [0.5, 0.6) is 11.6 Å². The molecule has 0 radical (unpaired) electrons. The Kier molecular flexibility index (Phi) is 3.30. The third-order valence-electron chi connectivity index (χ3n) is 2.60. The average molecular weight is 230 g/mol. The molecule has 0 atom stereocenters. The van der Waals surface area contributed by atoms with Gasteiger partial charge in [0.15, 0.2) is 0 Å². The summed E-state index contributed by atoms with van der Waals surface area (Å²) in [6.45, 7) is 4.23. The molecule has 2 rings (SSSR count). The van der Waals surface area contributed by atoms with Crippen molar-refractivity contribution in [3.05, 3.63) is 41.3 Å². The normalized spacial score (nSPS) is 10.3. The molecule has 0 aliphatic carbocycles. The van der Waals surface area contributed by atoms with E-state index < -0.39 is 0 Å². The molecule has 5 nitrogen and oxygen atoms in total. The lowest BCUT2D eigenvalue weighted by Crippen LogP contribution is -2.07. The summed E-state index contributed by atoms with van der Waals surface area (Å²) >= 11 is 0. The summed E-state index contributed by atoms with van der Waals surface area (Å²) in [6.07, 6.45) is 3.31. The van der Waals surface area contributed by atoms with E-state index in [1.165, 1.54) is 0 Å². The monoisotopic (exact) mass is 230 g/mol. The van der Waals surface area contributed by atoms with Crippen molar-refractivity contribution in [1.29, 1.82) is 0 Å². The van der Waals surface area contributed by atoms with Gasteiger partial charge in [-0.3, -0.25) is 4.98 Å². The van der Waals surface area contributed by atoms with Gasteiger partial charge < -0.3 is 10.5 Å². The molecular weight excluding hydrogens is 216 g/mol. The van der Waals surface area contributed by atoms with E-state index in [9.17, 15) is 0 Å². The van der Waals surface area contributed by atoms with E-state index in [0.717, 1.165) is 16.8 Å². The highest BCUT2D eigenvalue weighted by Crippen LogP contribution is 2.24. The summed E-state index contributed by atoms with van der Waals surface area (Å²) in [5.41, 5.74) is 8.47. The van der Waals surface area contributed by atoms with Crippen LogP contribution in [0.15, 0.2) is 24.5 Å². The fourth-order valence-corrected chi connectivity index (χ4v) is 1.48. The first-order valence-electron chi connectivity index (χ1n) is 5.33. The van der Waals surface area contributed by atoms with Crippen LogP contribution < -0.4 is 10.5 Å². The van der Waals surface area contributed by atoms with Crippen LogP contribution >= 0.6 is 0 Å². The van der Waals surface area contributed by atoms with Gasteiger partial charge in [0.05, 0.1) is 11.9 Å². The van der Waals surface area contributed by atoms with E-state index in [-0.39, 0.29) is 0 Å². The zero-order valence-electron chi connectivity index (χ0n) is 9.84. The fourth-order valence-electron chi connectivity index (χ4n) is 1.48. The molecule has 2 heterocycles. The molecule has 0 saturated carbocycles. The van der Waals surface area contributed by atoms with Crippen molar-refractivity contribution in [1.82, 2.24) is 15.2 Å². The molecule has 5 heteroatoms. The Morgan fingerprint density at radius 2 is 2.12 bits per heavy atom. The number of rotatable bonds is 3. The Hall–Kier alpha value is -2.01. The second-order valence-electron chi connectivity index (χ2n) is 3.69. The molecule has 2 aromatic heterocycles. The van der Waals surface area contributed by atoms with E-state index in [2.05, 4.69) is 15.2 Å². The van der Waals surface area contributed by atoms with E-state index in [0.29, 0.717) is 18.2 Å². The van der Waals surface area contributed by atoms with Crippen molar-refractivity contribution in [2.75, 3.05) is 0 Å². The third kappa shape index (κ3) is 2.39. The SMILES string of the molecule is Cc1nnc(Oc2cccnc2)c(CN)c1C.